The summed E-state index contributed by atoms with van der Waals surface area (Å²) in [5.74, 6) is -0.512. The highest BCUT2D eigenvalue weighted by atomic mass is 19.1. The average Bonchev–Trinajstić information content (AvgIpc) is 2.36. The Labute approximate surface area is 106 Å². The molecule has 0 aliphatic heterocycles. The second kappa shape index (κ2) is 4.88. The third kappa shape index (κ3) is 2.28. The van der Waals surface area contributed by atoms with Crippen molar-refractivity contribution in [1.82, 2.24) is 0 Å². The van der Waals surface area contributed by atoms with Gasteiger partial charge < -0.3 is 5.21 Å². The number of ketones is 1. The fourth-order valence-corrected chi connectivity index (χ4v) is 2.25. The van der Waals surface area contributed by atoms with Gasteiger partial charge in [-0.1, -0.05) is 12.1 Å². The zero-order valence-electron chi connectivity index (χ0n) is 10.4. The van der Waals surface area contributed by atoms with Crippen LogP contribution in [0.25, 0.3) is 0 Å². The molecule has 0 unspecified atom stereocenters. The average molecular weight is 249 g/mol. The Morgan fingerprint density at radius 3 is 2.78 bits per heavy atom. The summed E-state index contributed by atoms with van der Waals surface area (Å²) in [6.07, 6.45) is 3.83. The second-order valence-corrected chi connectivity index (χ2v) is 4.88. The standard InChI is InChI=1S/C14H16FNO2/c1-14(9-5-4-8-13(14)17)16(18)10-11-6-2-3-7-12(11)15/h2-3,6-7,10H,4-5,8-9H2,1H3/b16-10+/t14-/m0/s1. The largest absolute Gasteiger partial charge is 0.623 e. The Bertz CT molecular complexity index is 498. The molecule has 0 bridgehead atoms. The molecule has 18 heavy (non-hydrogen) atoms. The maximum Gasteiger partial charge on any atom is 0.227 e. The molecule has 0 amide bonds. The summed E-state index contributed by atoms with van der Waals surface area (Å²) in [5.41, 5.74) is -0.826. The topological polar surface area (TPSA) is 43.1 Å². The molecule has 96 valence electrons. The fraction of sp³-hybridized carbons (Fsp3) is 0.429. The van der Waals surface area contributed by atoms with Gasteiger partial charge in [-0.2, -0.15) is 4.74 Å². The summed E-state index contributed by atoms with van der Waals surface area (Å²) in [6.45, 7) is 1.64. The van der Waals surface area contributed by atoms with E-state index in [0.717, 1.165) is 12.8 Å². The fourth-order valence-electron chi connectivity index (χ4n) is 2.25. The van der Waals surface area contributed by atoms with Crippen molar-refractivity contribution in [2.45, 2.75) is 38.1 Å². The van der Waals surface area contributed by atoms with Crippen molar-refractivity contribution in [3.8, 4) is 0 Å². The van der Waals surface area contributed by atoms with E-state index in [1.165, 1.54) is 18.3 Å². The number of Topliss-reactive ketones (excluding diaryl/α,β-unsaturated/α-hetero) is 1. The first-order valence-electron chi connectivity index (χ1n) is 6.13. The summed E-state index contributed by atoms with van der Waals surface area (Å²) >= 11 is 0. The van der Waals surface area contributed by atoms with Crippen molar-refractivity contribution in [3.05, 3.63) is 40.9 Å². The molecular formula is C14H16FNO2. The zero-order chi connectivity index (χ0) is 13.2. The smallest absolute Gasteiger partial charge is 0.227 e. The summed E-state index contributed by atoms with van der Waals surface area (Å²) < 4.78 is 14.1. The molecule has 0 spiro atoms. The summed E-state index contributed by atoms with van der Waals surface area (Å²) in [5, 5.41) is 12.1. The number of carbonyl (C=O) groups is 1. The van der Waals surface area contributed by atoms with Crippen LogP contribution in [0.15, 0.2) is 24.3 Å². The molecule has 1 saturated carbocycles. The minimum atomic E-state index is -1.04. The first-order chi connectivity index (χ1) is 8.54. The molecule has 0 saturated heterocycles. The third-order valence-electron chi connectivity index (χ3n) is 3.57. The molecule has 1 aromatic carbocycles. The van der Waals surface area contributed by atoms with E-state index in [1.807, 2.05) is 0 Å². The Hall–Kier alpha value is -1.71. The molecule has 1 aliphatic rings. The highest BCUT2D eigenvalue weighted by Crippen LogP contribution is 2.27. The first-order valence-corrected chi connectivity index (χ1v) is 6.13. The van der Waals surface area contributed by atoms with Crippen molar-refractivity contribution < 1.29 is 13.9 Å². The summed E-state index contributed by atoms with van der Waals surface area (Å²) in [7, 11) is 0. The van der Waals surface area contributed by atoms with Crippen LogP contribution >= 0.6 is 0 Å². The van der Waals surface area contributed by atoms with Crippen molar-refractivity contribution in [3.63, 3.8) is 0 Å². The lowest BCUT2D eigenvalue weighted by atomic mass is 9.82. The zero-order valence-corrected chi connectivity index (χ0v) is 10.4. The Kier molecular flexibility index (Phi) is 3.45. The number of hydroxylamine groups is 1. The van der Waals surface area contributed by atoms with Crippen LogP contribution in [-0.4, -0.2) is 22.3 Å². The molecule has 1 aliphatic carbocycles. The van der Waals surface area contributed by atoms with E-state index in [0.29, 0.717) is 17.6 Å². The molecule has 4 heteroatoms. The Morgan fingerprint density at radius 1 is 1.39 bits per heavy atom. The van der Waals surface area contributed by atoms with Gasteiger partial charge in [0.2, 0.25) is 11.3 Å². The summed E-state index contributed by atoms with van der Waals surface area (Å²) in [4.78, 5) is 11.9. The SMILES string of the molecule is C[C@]1(/[N+]([O-])=C\c2ccccc2F)CCCCC1=O. The molecule has 1 aromatic rings. The van der Waals surface area contributed by atoms with Crippen molar-refractivity contribution in [1.29, 1.82) is 0 Å². The number of carbonyl (C=O) groups excluding carboxylic acids is 1. The Balaban J connectivity index is 2.33. The monoisotopic (exact) mass is 249 g/mol. The number of halogens is 1. The van der Waals surface area contributed by atoms with Crippen LogP contribution in [0, 0.1) is 11.0 Å². The van der Waals surface area contributed by atoms with Gasteiger partial charge in [0, 0.05) is 19.8 Å². The lowest BCUT2D eigenvalue weighted by Crippen LogP contribution is -2.47. The molecule has 0 heterocycles. The third-order valence-corrected chi connectivity index (χ3v) is 3.57. The maximum atomic E-state index is 13.5. The second-order valence-electron chi connectivity index (χ2n) is 4.88. The molecule has 0 radical (unpaired) electrons. The normalized spacial score (nSPS) is 25.2. The van der Waals surface area contributed by atoms with E-state index in [2.05, 4.69) is 0 Å². The van der Waals surface area contributed by atoms with Crippen LogP contribution in [0.1, 0.15) is 38.2 Å². The minimum Gasteiger partial charge on any atom is -0.623 e. The highest BCUT2D eigenvalue weighted by molar-refractivity contribution is 5.88. The molecule has 1 atom stereocenters. The van der Waals surface area contributed by atoms with E-state index < -0.39 is 11.4 Å². The van der Waals surface area contributed by atoms with Gasteiger partial charge in [-0.25, -0.2) is 4.39 Å². The molecule has 2 rings (SSSR count). The van der Waals surface area contributed by atoms with Gasteiger partial charge in [-0.3, -0.25) is 4.79 Å². The van der Waals surface area contributed by atoms with Gasteiger partial charge in [0.25, 0.3) is 0 Å². The van der Waals surface area contributed by atoms with Crippen LogP contribution in [0.4, 0.5) is 4.39 Å². The van der Waals surface area contributed by atoms with Gasteiger partial charge in [0.15, 0.2) is 6.21 Å². The van der Waals surface area contributed by atoms with E-state index >= 15 is 0 Å². The molecule has 1 fully saturated rings. The van der Waals surface area contributed by atoms with Crippen LogP contribution in [0.3, 0.4) is 0 Å². The minimum absolute atomic E-state index is 0.0589. The predicted molar refractivity (Wildman–Crippen MR) is 67.1 cm³/mol. The van der Waals surface area contributed by atoms with Crippen LogP contribution in [-0.2, 0) is 4.79 Å². The van der Waals surface area contributed by atoms with Crippen LogP contribution in [0.5, 0.6) is 0 Å². The van der Waals surface area contributed by atoms with E-state index in [1.54, 1.807) is 19.1 Å². The first kappa shape index (κ1) is 12.7. The van der Waals surface area contributed by atoms with Crippen LogP contribution < -0.4 is 0 Å². The van der Waals surface area contributed by atoms with E-state index in [9.17, 15) is 14.4 Å². The van der Waals surface area contributed by atoms with E-state index in [4.69, 9.17) is 0 Å². The van der Waals surface area contributed by atoms with Gasteiger partial charge in [-0.15, -0.1) is 0 Å². The van der Waals surface area contributed by atoms with Crippen molar-refractivity contribution in [2.24, 2.45) is 0 Å². The maximum absolute atomic E-state index is 13.5. The lowest BCUT2D eigenvalue weighted by Gasteiger charge is -2.30. The number of nitrogens with zero attached hydrogens (tertiary/aromatic N) is 1. The van der Waals surface area contributed by atoms with Gasteiger partial charge in [0.05, 0.1) is 5.56 Å². The summed E-state index contributed by atoms with van der Waals surface area (Å²) in [6, 6.07) is 6.05. The van der Waals surface area contributed by atoms with E-state index in [-0.39, 0.29) is 11.3 Å². The quantitative estimate of drug-likeness (QED) is 0.350. The molecular weight excluding hydrogens is 233 g/mol. The molecule has 3 nitrogen and oxygen atoms in total. The molecule has 0 N–H and O–H groups in total. The van der Waals surface area contributed by atoms with Crippen molar-refractivity contribution >= 4 is 12.0 Å². The predicted octanol–water partition coefficient (Wildman–Crippen LogP) is 2.66. The van der Waals surface area contributed by atoms with Gasteiger partial charge >= 0.3 is 0 Å². The number of hydrogen-bond acceptors (Lipinski definition) is 2. The number of rotatable bonds is 2. The van der Waals surface area contributed by atoms with Gasteiger partial charge in [0.1, 0.15) is 5.82 Å². The van der Waals surface area contributed by atoms with Crippen LogP contribution in [0.2, 0.25) is 0 Å². The van der Waals surface area contributed by atoms with Gasteiger partial charge in [-0.05, 0) is 25.0 Å². The molecule has 0 aromatic heterocycles. The Morgan fingerprint density at radius 2 is 2.11 bits per heavy atom. The highest BCUT2D eigenvalue weighted by Gasteiger charge is 2.42. The number of hydrogen-bond donors (Lipinski definition) is 0. The number of benzene rings is 1. The lowest BCUT2D eigenvalue weighted by molar-refractivity contribution is -0.525. The van der Waals surface area contributed by atoms with Crippen molar-refractivity contribution in [2.75, 3.05) is 0 Å².